The summed E-state index contributed by atoms with van der Waals surface area (Å²) >= 11 is 0. The topological polar surface area (TPSA) is 112 Å². The average Bonchev–Trinajstić information content (AvgIpc) is 2.80. The number of hydrogen-bond acceptors (Lipinski definition) is 8. The maximum absolute atomic E-state index is 11.4. The Morgan fingerprint density at radius 1 is 1.22 bits per heavy atom. The number of aromatic nitrogens is 2. The zero-order chi connectivity index (χ0) is 23.3. The number of hydrogen-bond donors (Lipinski definition) is 1. The predicted molar refractivity (Wildman–Crippen MR) is 125 cm³/mol. The van der Waals surface area contributed by atoms with E-state index in [1.807, 2.05) is 25.1 Å². The van der Waals surface area contributed by atoms with Crippen molar-refractivity contribution in [3.8, 4) is 11.5 Å². The number of allylic oxidation sites excluding steroid dienone is 1. The number of aryl methyl sites for hydroxylation is 1. The fourth-order valence-electron chi connectivity index (χ4n) is 3.10. The van der Waals surface area contributed by atoms with Gasteiger partial charge in [0.25, 0.3) is 5.69 Å². The Balaban J connectivity index is 1.97. The molecule has 32 heavy (non-hydrogen) atoms. The molecule has 164 valence electrons. The molecule has 0 aliphatic carbocycles. The molecule has 0 radical (unpaired) electrons. The number of nitrogens with one attached hydrogen (secondary N) is 1. The first-order chi connectivity index (χ1) is 15.4. The first kappa shape index (κ1) is 22.4. The quantitative estimate of drug-likeness (QED) is 0.290. The SMILES string of the molecule is C=Nc1nc(Nc2c(C)cccc2[N+](=O)[O-])ncc1/C=C(\C)c1cc(OC)cc(OC)c1. The van der Waals surface area contributed by atoms with Crippen LogP contribution in [0.5, 0.6) is 11.5 Å². The summed E-state index contributed by atoms with van der Waals surface area (Å²) in [6.45, 7) is 7.30. The van der Waals surface area contributed by atoms with Gasteiger partial charge in [0.05, 0.1) is 19.1 Å². The van der Waals surface area contributed by atoms with Gasteiger partial charge in [0.15, 0.2) is 5.82 Å². The fraction of sp³-hybridized carbons (Fsp3) is 0.174. The Hall–Kier alpha value is -4.27. The Morgan fingerprint density at radius 2 is 1.91 bits per heavy atom. The van der Waals surface area contributed by atoms with E-state index in [-0.39, 0.29) is 11.6 Å². The van der Waals surface area contributed by atoms with Crippen LogP contribution in [0.4, 0.5) is 23.1 Å². The van der Waals surface area contributed by atoms with Crippen LogP contribution in [-0.4, -0.2) is 35.8 Å². The maximum atomic E-state index is 11.4. The van der Waals surface area contributed by atoms with Gasteiger partial charge in [-0.15, -0.1) is 0 Å². The molecular formula is C23H23N5O4. The van der Waals surface area contributed by atoms with Crippen LogP contribution in [0.2, 0.25) is 0 Å². The van der Waals surface area contributed by atoms with Crippen molar-refractivity contribution in [3.05, 3.63) is 69.4 Å². The molecule has 0 aliphatic heterocycles. The lowest BCUT2D eigenvalue weighted by Gasteiger charge is -2.11. The van der Waals surface area contributed by atoms with Gasteiger partial charge in [-0.05, 0) is 55.5 Å². The predicted octanol–water partition coefficient (Wildman–Crippen LogP) is 5.35. The van der Waals surface area contributed by atoms with E-state index in [0.717, 1.165) is 11.1 Å². The van der Waals surface area contributed by atoms with Crippen molar-refractivity contribution in [2.45, 2.75) is 13.8 Å². The third-order valence-electron chi connectivity index (χ3n) is 4.81. The molecule has 0 bridgehead atoms. The van der Waals surface area contributed by atoms with Crippen LogP contribution in [-0.2, 0) is 0 Å². The summed E-state index contributed by atoms with van der Waals surface area (Å²) in [5.74, 6) is 1.87. The van der Waals surface area contributed by atoms with Crippen LogP contribution in [0, 0.1) is 17.0 Å². The highest BCUT2D eigenvalue weighted by Gasteiger charge is 2.17. The minimum absolute atomic E-state index is 0.0616. The van der Waals surface area contributed by atoms with Crippen molar-refractivity contribution in [1.82, 2.24) is 9.97 Å². The highest BCUT2D eigenvalue weighted by molar-refractivity contribution is 5.84. The molecule has 1 aromatic heterocycles. The lowest BCUT2D eigenvalue weighted by Crippen LogP contribution is -2.02. The number of rotatable bonds is 8. The molecular weight excluding hydrogens is 410 g/mol. The van der Waals surface area contributed by atoms with Gasteiger partial charge in [-0.3, -0.25) is 10.1 Å². The summed E-state index contributed by atoms with van der Waals surface area (Å²) < 4.78 is 10.7. The molecule has 0 amide bonds. The number of ether oxygens (including phenoxy) is 2. The van der Waals surface area contributed by atoms with Crippen molar-refractivity contribution in [2.24, 2.45) is 4.99 Å². The summed E-state index contributed by atoms with van der Waals surface area (Å²) in [6, 6.07) is 10.4. The number of nitro benzene ring substituents is 1. The van der Waals surface area contributed by atoms with Crippen LogP contribution >= 0.6 is 0 Å². The number of para-hydroxylation sites is 1. The molecule has 0 unspecified atom stereocenters. The number of nitro groups is 1. The highest BCUT2D eigenvalue weighted by atomic mass is 16.6. The fourth-order valence-corrected chi connectivity index (χ4v) is 3.10. The minimum atomic E-state index is -0.454. The van der Waals surface area contributed by atoms with Crippen molar-refractivity contribution >= 4 is 41.5 Å². The lowest BCUT2D eigenvalue weighted by atomic mass is 10.0. The van der Waals surface area contributed by atoms with Crippen LogP contribution in [0.25, 0.3) is 11.6 Å². The van der Waals surface area contributed by atoms with E-state index in [2.05, 4.69) is 27.0 Å². The van der Waals surface area contributed by atoms with Gasteiger partial charge in [0, 0.05) is 23.9 Å². The summed E-state index contributed by atoms with van der Waals surface area (Å²) in [5, 5.41) is 14.3. The van der Waals surface area contributed by atoms with Crippen LogP contribution in [0.15, 0.2) is 47.6 Å². The smallest absolute Gasteiger partial charge is 0.293 e. The maximum Gasteiger partial charge on any atom is 0.293 e. The average molecular weight is 433 g/mol. The Morgan fingerprint density at radius 3 is 2.50 bits per heavy atom. The molecule has 2 aromatic carbocycles. The molecule has 9 nitrogen and oxygen atoms in total. The van der Waals surface area contributed by atoms with E-state index in [4.69, 9.17) is 9.47 Å². The van der Waals surface area contributed by atoms with Crippen molar-refractivity contribution in [2.75, 3.05) is 19.5 Å². The molecule has 0 saturated carbocycles. The number of benzene rings is 2. The third-order valence-corrected chi connectivity index (χ3v) is 4.81. The van der Waals surface area contributed by atoms with Gasteiger partial charge in [0.1, 0.15) is 17.2 Å². The number of methoxy groups -OCH3 is 2. The van der Waals surface area contributed by atoms with Gasteiger partial charge in [-0.2, -0.15) is 4.98 Å². The Labute approximate surface area is 185 Å². The van der Waals surface area contributed by atoms with Crippen LogP contribution in [0.3, 0.4) is 0 Å². The van der Waals surface area contributed by atoms with Crippen molar-refractivity contribution in [1.29, 1.82) is 0 Å². The van der Waals surface area contributed by atoms with Gasteiger partial charge in [-0.25, -0.2) is 9.98 Å². The van der Waals surface area contributed by atoms with E-state index >= 15 is 0 Å². The molecule has 9 heteroatoms. The summed E-state index contributed by atoms with van der Waals surface area (Å²) in [4.78, 5) is 23.6. The molecule has 0 atom stereocenters. The second-order valence-corrected chi connectivity index (χ2v) is 6.91. The highest BCUT2D eigenvalue weighted by Crippen LogP contribution is 2.32. The van der Waals surface area contributed by atoms with Gasteiger partial charge in [0.2, 0.25) is 5.95 Å². The van der Waals surface area contributed by atoms with E-state index in [1.165, 1.54) is 6.07 Å². The lowest BCUT2D eigenvalue weighted by molar-refractivity contribution is -0.384. The second kappa shape index (κ2) is 9.69. The monoisotopic (exact) mass is 433 g/mol. The van der Waals surface area contributed by atoms with Crippen LogP contribution < -0.4 is 14.8 Å². The van der Waals surface area contributed by atoms with Gasteiger partial charge in [-0.1, -0.05) is 12.1 Å². The number of aliphatic imine (C=N–C) groups is 1. The zero-order valence-corrected chi connectivity index (χ0v) is 18.2. The molecule has 0 spiro atoms. The molecule has 1 N–H and O–H groups in total. The molecule has 3 aromatic rings. The summed E-state index contributed by atoms with van der Waals surface area (Å²) in [5.41, 5.74) is 3.41. The molecule has 0 fully saturated rings. The molecule has 0 aliphatic rings. The first-order valence-corrected chi connectivity index (χ1v) is 9.62. The Bertz CT molecular complexity index is 1180. The normalized spacial score (nSPS) is 11.1. The number of nitrogens with zero attached hydrogens (tertiary/aromatic N) is 4. The standard InChI is InChI=1S/C23H23N5O4/c1-14-7-6-8-20(28(29)30)21(14)26-23-25-13-17(22(24-3)27-23)9-15(2)16-10-18(31-4)12-19(11-16)32-5/h6-13H,3H2,1-2,4-5H3,(H,25,26,27)/b15-9+. The summed E-state index contributed by atoms with van der Waals surface area (Å²) in [7, 11) is 3.19. The van der Waals surface area contributed by atoms with Crippen LogP contribution in [0.1, 0.15) is 23.6 Å². The second-order valence-electron chi connectivity index (χ2n) is 6.91. The van der Waals surface area contributed by atoms with Gasteiger partial charge < -0.3 is 14.8 Å². The van der Waals surface area contributed by atoms with Crippen molar-refractivity contribution in [3.63, 3.8) is 0 Å². The first-order valence-electron chi connectivity index (χ1n) is 9.62. The minimum Gasteiger partial charge on any atom is -0.497 e. The van der Waals surface area contributed by atoms with E-state index in [9.17, 15) is 10.1 Å². The van der Waals surface area contributed by atoms with E-state index < -0.39 is 4.92 Å². The van der Waals surface area contributed by atoms with E-state index in [0.29, 0.717) is 34.1 Å². The molecule has 1 heterocycles. The van der Waals surface area contributed by atoms with Gasteiger partial charge >= 0.3 is 0 Å². The largest absolute Gasteiger partial charge is 0.497 e. The molecule has 0 saturated heterocycles. The van der Waals surface area contributed by atoms with E-state index in [1.54, 1.807) is 45.5 Å². The number of anilines is 2. The third kappa shape index (κ3) is 4.89. The zero-order valence-electron chi connectivity index (χ0n) is 18.2. The van der Waals surface area contributed by atoms with Crippen molar-refractivity contribution < 1.29 is 14.4 Å². The Kier molecular flexibility index (Phi) is 6.79. The summed E-state index contributed by atoms with van der Waals surface area (Å²) in [6.07, 6.45) is 3.46. The molecule has 3 rings (SSSR count).